The Balaban J connectivity index is 2.99. The van der Waals surface area contributed by atoms with Crippen LogP contribution in [0.1, 0.15) is 154 Å². The second-order valence-corrected chi connectivity index (χ2v) is 9.63. The Morgan fingerprint density at radius 2 is 0.633 bits per heavy atom. The minimum atomic E-state index is 0.668. The van der Waals surface area contributed by atoms with Gasteiger partial charge in [-0.2, -0.15) is 12.6 Å². The zero-order chi connectivity index (χ0) is 21.8. The Hall–Kier alpha value is -0.270. The van der Waals surface area contributed by atoms with E-state index in [9.17, 15) is 4.79 Å². The monoisotopic (exact) mass is 439 g/mol. The minimum absolute atomic E-state index is 0.668. The van der Waals surface area contributed by atoms with E-state index in [-0.39, 0.29) is 0 Å². The van der Waals surface area contributed by atoms with Crippen molar-refractivity contribution in [2.75, 3.05) is 12.3 Å². The molecule has 0 unspecified atom stereocenters. The van der Waals surface area contributed by atoms with E-state index in [0.29, 0.717) is 6.54 Å². The van der Waals surface area contributed by atoms with E-state index in [1.807, 2.05) is 0 Å². The van der Waals surface area contributed by atoms with Crippen LogP contribution >= 0.6 is 12.6 Å². The second-order valence-electron chi connectivity index (χ2n) is 9.18. The largest absolute Gasteiger partial charge is 0.234 e. The lowest BCUT2D eigenvalue weighted by Crippen LogP contribution is -1.85. The smallest absolute Gasteiger partial charge is 0.211 e. The van der Waals surface area contributed by atoms with Crippen LogP contribution in [-0.2, 0) is 4.79 Å². The van der Waals surface area contributed by atoms with Crippen LogP contribution in [-0.4, -0.2) is 18.4 Å². The number of unbranched alkanes of at least 4 members (excludes halogenated alkanes) is 23. The molecule has 0 aromatic carbocycles. The average Bonchev–Trinajstić information content (AvgIpc) is 2.76. The van der Waals surface area contributed by atoms with Gasteiger partial charge in [0.05, 0.1) is 6.54 Å². The quantitative estimate of drug-likeness (QED) is 0.0618. The normalized spacial score (nSPS) is 11.0. The van der Waals surface area contributed by atoms with Gasteiger partial charge in [0.2, 0.25) is 6.08 Å². The number of carbonyl (C=O) groups excluding carboxylic acids is 1. The molecule has 0 N–H and O–H groups in total. The van der Waals surface area contributed by atoms with E-state index in [0.717, 1.165) is 12.2 Å². The van der Waals surface area contributed by atoms with Crippen LogP contribution < -0.4 is 0 Å². The summed E-state index contributed by atoms with van der Waals surface area (Å²) in [6, 6.07) is 0. The summed E-state index contributed by atoms with van der Waals surface area (Å²) in [6.45, 7) is 0.668. The van der Waals surface area contributed by atoms with Gasteiger partial charge in [-0.05, 0) is 18.6 Å². The maximum absolute atomic E-state index is 9.95. The van der Waals surface area contributed by atoms with Crippen LogP contribution in [0, 0.1) is 0 Å². The van der Waals surface area contributed by atoms with Crippen LogP contribution in [0.25, 0.3) is 0 Å². The highest BCUT2D eigenvalue weighted by molar-refractivity contribution is 7.80. The first kappa shape index (κ1) is 29.7. The van der Waals surface area contributed by atoms with Gasteiger partial charge >= 0.3 is 0 Å². The number of nitrogens with zero attached hydrogens (tertiary/aromatic N) is 1. The molecule has 0 heterocycles. The standard InChI is InChI=1S/C27H53NOS/c29-27-28-25-23-21-19-17-15-13-11-9-7-5-3-1-2-4-6-8-10-12-14-16-18-20-22-24-26-30/h30H,1-26H2. The molecule has 0 rings (SSSR count). The third kappa shape index (κ3) is 27.7. The first-order valence-corrected chi connectivity index (χ1v) is 14.2. The minimum Gasteiger partial charge on any atom is -0.211 e. The molecule has 0 aliphatic heterocycles. The highest BCUT2D eigenvalue weighted by Crippen LogP contribution is 2.15. The zero-order valence-corrected chi connectivity index (χ0v) is 21.1. The molecule has 0 spiro atoms. The summed E-state index contributed by atoms with van der Waals surface area (Å²) in [7, 11) is 0. The van der Waals surface area contributed by atoms with Crippen molar-refractivity contribution >= 4 is 18.7 Å². The maximum Gasteiger partial charge on any atom is 0.234 e. The van der Waals surface area contributed by atoms with Gasteiger partial charge in [0, 0.05) is 0 Å². The molecule has 2 nitrogen and oxygen atoms in total. The fourth-order valence-corrected chi connectivity index (χ4v) is 4.46. The Morgan fingerprint density at radius 3 is 0.867 bits per heavy atom. The van der Waals surface area contributed by atoms with E-state index in [1.165, 1.54) is 148 Å². The first-order valence-electron chi connectivity index (χ1n) is 13.6. The number of hydrogen-bond acceptors (Lipinski definition) is 3. The lowest BCUT2D eigenvalue weighted by molar-refractivity contribution is 0.517. The third-order valence-corrected chi connectivity index (χ3v) is 6.56. The Bertz CT molecular complexity index is 355. The summed E-state index contributed by atoms with van der Waals surface area (Å²) in [5.74, 6) is 1.06. The van der Waals surface area contributed by atoms with Crippen molar-refractivity contribution in [3.8, 4) is 0 Å². The molecule has 0 bridgehead atoms. The van der Waals surface area contributed by atoms with Gasteiger partial charge in [0.25, 0.3) is 0 Å². The van der Waals surface area contributed by atoms with Crippen molar-refractivity contribution in [2.45, 2.75) is 154 Å². The van der Waals surface area contributed by atoms with Crippen LogP contribution in [0.4, 0.5) is 0 Å². The number of aliphatic imine (C=N–C) groups is 1. The van der Waals surface area contributed by atoms with Gasteiger partial charge in [-0.3, -0.25) is 0 Å². The van der Waals surface area contributed by atoms with Crippen LogP contribution in [0.5, 0.6) is 0 Å². The SMILES string of the molecule is O=C=NCCCCCCCCCCCCCCCCCCCCCCCCCCS. The molecule has 0 fully saturated rings. The summed E-state index contributed by atoms with van der Waals surface area (Å²) in [6.07, 6.45) is 35.2. The molecule has 0 amide bonds. The average molecular weight is 440 g/mol. The fraction of sp³-hybridized carbons (Fsp3) is 0.963. The lowest BCUT2D eigenvalue weighted by atomic mass is 10.0. The van der Waals surface area contributed by atoms with Gasteiger partial charge < -0.3 is 0 Å². The van der Waals surface area contributed by atoms with Gasteiger partial charge in [0.1, 0.15) is 0 Å². The maximum atomic E-state index is 9.95. The topological polar surface area (TPSA) is 29.4 Å². The second kappa shape index (κ2) is 28.7. The van der Waals surface area contributed by atoms with Crippen molar-refractivity contribution in [1.82, 2.24) is 0 Å². The zero-order valence-electron chi connectivity index (χ0n) is 20.2. The van der Waals surface area contributed by atoms with E-state index < -0.39 is 0 Å². The summed E-state index contributed by atoms with van der Waals surface area (Å²) < 4.78 is 0. The molecular formula is C27H53NOS. The predicted molar refractivity (Wildman–Crippen MR) is 138 cm³/mol. The predicted octanol–water partition coefficient (Wildman–Crippen LogP) is 9.61. The number of isocyanates is 1. The van der Waals surface area contributed by atoms with Gasteiger partial charge in [-0.15, -0.1) is 0 Å². The number of thiol groups is 1. The molecule has 0 aromatic heterocycles. The number of hydrogen-bond donors (Lipinski definition) is 1. The van der Waals surface area contributed by atoms with Crippen molar-refractivity contribution in [3.63, 3.8) is 0 Å². The van der Waals surface area contributed by atoms with Crippen molar-refractivity contribution in [2.24, 2.45) is 4.99 Å². The Labute approximate surface area is 194 Å². The summed E-state index contributed by atoms with van der Waals surface area (Å²) >= 11 is 4.27. The van der Waals surface area contributed by atoms with E-state index >= 15 is 0 Å². The van der Waals surface area contributed by atoms with Crippen LogP contribution in [0.3, 0.4) is 0 Å². The molecule has 0 radical (unpaired) electrons. The summed E-state index contributed by atoms with van der Waals surface area (Å²) in [4.78, 5) is 13.5. The van der Waals surface area contributed by atoms with Crippen molar-refractivity contribution in [1.29, 1.82) is 0 Å². The summed E-state index contributed by atoms with van der Waals surface area (Å²) in [5, 5.41) is 0. The molecule has 0 atom stereocenters. The fourth-order valence-electron chi connectivity index (χ4n) is 4.24. The summed E-state index contributed by atoms with van der Waals surface area (Å²) in [5.41, 5.74) is 0. The van der Waals surface area contributed by atoms with Crippen LogP contribution in [0.2, 0.25) is 0 Å². The third-order valence-electron chi connectivity index (χ3n) is 6.24. The van der Waals surface area contributed by atoms with E-state index in [1.54, 1.807) is 6.08 Å². The van der Waals surface area contributed by atoms with E-state index in [2.05, 4.69) is 17.6 Å². The van der Waals surface area contributed by atoms with Gasteiger partial charge in [-0.25, -0.2) is 9.79 Å². The van der Waals surface area contributed by atoms with E-state index in [4.69, 9.17) is 0 Å². The molecule has 3 heteroatoms. The molecule has 178 valence electrons. The molecular weight excluding hydrogens is 386 g/mol. The van der Waals surface area contributed by atoms with Gasteiger partial charge in [-0.1, -0.05) is 141 Å². The van der Waals surface area contributed by atoms with Crippen molar-refractivity contribution in [3.05, 3.63) is 0 Å². The van der Waals surface area contributed by atoms with Crippen LogP contribution in [0.15, 0.2) is 4.99 Å². The van der Waals surface area contributed by atoms with Gasteiger partial charge in [0.15, 0.2) is 0 Å². The first-order chi connectivity index (χ1) is 14.9. The molecule has 0 aliphatic carbocycles. The molecule has 0 saturated heterocycles. The Morgan fingerprint density at radius 1 is 0.400 bits per heavy atom. The lowest BCUT2D eigenvalue weighted by Gasteiger charge is -2.04. The number of rotatable bonds is 26. The highest BCUT2D eigenvalue weighted by Gasteiger charge is 1.96. The molecule has 0 aliphatic rings. The molecule has 0 aromatic rings. The Kier molecular flexibility index (Phi) is 28.5. The molecule has 30 heavy (non-hydrogen) atoms. The van der Waals surface area contributed by atoms with Crippen molar-refractivity contribution < 1.29 is 4.79 Å². The molecule has 0 saturated carbocycles. The highest BCUT2D eigenvalue weighted by atomic mass is 32.1.